The third-order valence-electron chi connectivity index (χ3n) is 3.11. The average molecular weight is 248 g/mol. The topological polar surface area (TPSA) is 33.2 Å². The van der Waals surface area contributed by atoms with E-state index in [9.17, 15) is 4.79 Å². The largest absolute Gasteiger partial charge is 0.303 e. The summed E-state index contributed by atoms with van der Waals surface area (Å²) in [5.74, 6) is 0. The number of rotatable bonds is 7. The summed E-state index contributed by atoms with van der Waals surface area (Å²) < 4.78 is 0. The molecule has 0 saturated heterocycles. The van der Waals surface area contributed by atoms with Crippen molar-refractivity contribution in [2.75, 3.05) is 13.6 Å². The normalized spacial score (nSPS) is 14.5. The van der Waals surface area contributed by atoms with E-state index in [0.717, 1.165) is 43.6 Å². The van der Waals surface area contributed by atoms with Gasteiger partial charge in [0.1, 0.15) is 6.29 Å². The molecule has 0 fully saturated rings. The third-order valence-corrected chi connectivity index (χ3v) is 3.11. The van der Waals surface area contributed by atoms with Crippen molar-refractivity contribution in [3.8, 4) is 0 Å². The molecule has 0 saturated carbocycles. The minimum atomic E-state index is -0.243. The quantitative estimate of drug-likeness (QED) is 0.696. The van der Waals surface area contributed by atoms with E-state index in [4.69, 9.17) is 0 Å². The number of aldehydes is 1. The van der Waals surface area contributed by atoms with Crippen LogP contribution >= 0.6 is 0 Å². The van der Waals surface area contributed by atoms with Crippen molar-refractivity contribution >= 4 is 6.29 Å². The molecule has 100 valence electrons. The van der Waals surface area contributed by atoms with E-state index in [2.05, 4.69) is 16.8 Å². The van der Waals surface area contributed by atoms with Crippen LogP contribution in [0.3, 0.4) is 0 Å². The van der Waals surface area contributed by atoms with Crippen molar-refractivity contribution in [3.05, 3.63) is 29.6 Å². The lowest BCUT2D eigenvalue weighted by Gasteiger charge is -2.28. The molecule has 3 heteroatoms. The highest BCUT2D eigenvalue weighted by Gasteiger charge is 2.24. The number of hydrogen-bond donors (Lipinski definition) is 0. The summed E-state index contributed by atoms with van der Waals surface area (Å²) in [4.78, 5) is 17.9. The van der Waals surface area contributed by atoms with Crippen LogP contribution in [-0.2, 0) is 11.3 Å². The van der Waals surface area contributed by atoms with E-state index in [0.29, 0.717) is 0 Å². The molecule has 0 aromatic carbocycles. The van der Waals surface area contributed by atoms with E-state index < -0.39 is 0 Å². The van der Waals surface area contributed by atoms with Gasteiger partial charge in [0.25, 0.3) is 0 Å². The van der Waals surface area contributed by atoms with E-state index in [1.54, 1.807) is 0 Å². The standard InChI is InChI=1S/C15H24N2O/c1-5-9-15(3,12-18)11-17(4)10-14-8-6-7-13(2)16-14/h6-8,12H,5,9-11H2,1-4H3. The Morgan fingerprint density at radius 2 is 2.17 bits per heavy atom. The molecule has 0 aliphatic carbocycles. The van der Waals surface area contributed by atoms with Crippen LogP contribution in [0, 0.1) is 12.3 Å². The first-order valence-electron chi connectivity index (χ1n) is 6.56. The fraction of sp³-hybridized carbons (Fsp3) is 0.600. The van der Waals surface area contributed by atoms with Gasteiger partial charge in [-0.05, 0) is 32.5 Å². The molecule has 1 aromatic rings. The highest BCUT2D eigenvalue weighted by atomic mass is 16.1. The highest BCUT2D eigenvalue weighted by Crippen LogP contribution is 2.21. The molecule has 3 nitrogen and oxygen atoms in total. The lowest BCUT2D eigenvalue weighted by Crippen LogP contribution is -2.34. The molecule has 1 aromatic heterocycles. The Bertz CT molecular complexity index is 392. The monoisotopic (exact) mass is 248 g/mol. The summed E-state index contributed by atoms with van der Waals surface area (Å²) in [6.45, 7) is 7.71. The number of aromatic nitrogens is 1. The minimum Gasteiger partial charge on any atom is -0.303 e. The first-order valence-corrected chi connectivity index (χ1v) is 6.56. The van der Waals surface area contributed by atoms with E-state index in [-0.39, 0.29) is 5.41 Å². The first kappa shape index (κ1) is 14.8. The second-order valence-corrected chi connectivity index (χ2v) is 5.46. The predicted molar refractivity (Wildman–Crippen MR) is 74.4 cm³/mol. The lowest BCUT2D eigenvalue weighted by molar-refractivity contribution is -0.116. The van der Waals surface area contributed by atoms with Gasteiger partial charge in [0.05, 0.1) is 5.69 Å². The zero-order chi connectivity index (χ0) is 13.6. The van der Waals surface area contributed by atoms with Gasteiger partial charge in [0.2, 0.25) is 0 Å². The molecular formula is C15H24N2O. The van der Waals surface area contributed by atoms with E-state index in [1.165, 1.54) is 0 Å². The van der Waals surface area contributed by atoms with Crippen LogP contribution in [0.25, 0.3) is 0 Å². The summed E-state index contributed by atoms with van der Waals surface area (Å²) >= 11 is 0. The Morgan fingerprint density at radius 1 is 1.44 bits per heavy atom. The highest BCUT2D eigenvalue weighted by molar-refractivity contribution is 5.58. The molecule has 0 spiro atoms. The van der Waals surface area contributed by atoms with Crippen LogP contribution in [-0.4, -0.2) is 29.8 Å². The molecule has 0 amide bonds. The Balaban J connectivity index is 2.60. The van der Waals surface area contributed by atoms with Gasteiger partial charge < -0.3 is 4.79 Å². The molecule has 18 heavy (non-hydrogen) atoms. The predicted octanol–water partition coefficient (Wildman–Crippen LogP) is 2.83. The van der Waals surface area contributed by atoms with E-state index >= 15 is 0 Å². The maximum absolute atomic E-state index is 11.2. The number of hydrogen-bond acceptors (Lipinski definition) is 3. The van der Waals surface area contributed by atoms with E-state index in [1.807, 2.05) is 39.1 Å². The van der Waals surface area contributed by atoms with Gasteiger partial charge in [-0.1, -0.05) is 26.3 Å². The maximum atomic E-state index is 11.2. The molecule has 1 heterocycles. The molecule has 0 radical (unpaired) electrons. The molecule has 0 bridgehead atoms. The molecule has 1 unspecified atom stereocenters. The lowest BCUT2D eigenvalue weighted by atomic mass is 9.87. The van der Waals surface area contributed by atoms with Crippen LogP contribution in [0.2, 0.25) is 0 Å². The number of carbonyl (C=O) groups is 1. The second-order valence-electron chi connectivity index (χ2n) is 5.46. The van der Waals surface area contributed by atoms with Crippen LogP contribution in [0.1, 0.15) is 38.1 Å². The summed E-state index contributed by atoms with van der Waals surface area (Å²) in [6.07, 6.45) is 3.06. The summed E-state index contributed by atoms with van der Waals surface area (Å²) in [5, 5.41) is 0. The van der Waals surface area contributed by atoms with Gasteiger partial charge in [0, 0.05) is 24.2 Å². The Morgan fingerprint density at radius 3 is 2.72 bits per heavy atom. The van der Waals surface area contributed by atoms with Crippen molar-refractivity contribution in [2.24, 2.45) is 5.41 Å². The van der Waals surface area contributed by atoms with Gasteiger partial charge in [-0.25, -0.2) is 0 Å². The fourth-order valence-corrected chi connectivity index (χ4v) is 2.38. The third kappa shape index (κ3) is 4.57. The average Bonchev–Trinajstić information content (AvgIpc) is 2.29. The second kappa shape index (κ2) is 6.64. The van der Waals surface area contributed by atoms with Crippen LogP contribution in [0.5, 0.6) is 0 Å². The molecule has 0 N–H and O–H groups in total. The smallest absolute Gasteiger partial charge is 0.127 e. The molecule has 1 rings (SSSR count). The summed E-state index contributed by atoms with van der Waals surface area (Å²) in [7, 11) is 2.04. The Labute approximate surface area is 110 Å². The number of aryl methyl sites for hydroxylation is 1. The van der Waals surface area contributed by atoms with Crippen molar-refractivity contribution in [2.45, 2.75) is 40.2 Å². The Kier molecular flexibility index (Phi) is 5.48. The fourth-order valence-electron chi connectivity index (χ4n) is 2.38. The van der Waals surface area contributed by atoms with Gasteiger partial charge in [-0.15, -0.1) is 0 Å². The van der Waals surface area contributed by atoms with Crippen LogP contribution in [0.15, 0.2) is 18.2 Å². The molecule has 1 atom stereocenters. The zero-order valence-electron chi connectivity index (χ0n) is 11.9. The van der Waals surface area contributed by atoms with Crippen molar-refractivity contribution < 1.29 is 4.79 Å². The van der Waals surface area contributed by atoms with Crippen LogP contribution in [0.4, 0.5) is 0 Å². The van der Waals surface area contributed by atoms with Crippen molar-refractivity contribution in [1.82, 2.24) is 9.88 Å². The van der Waals surface area contributed by atoms with Gasteiger partial charge in [-0.3, -0.25) is 9.88 Å². The maximum Gasteiger partial charge on any atom is 0.127 e. The van der Waals surface area contributed by atoms with Gasteiger partial charge >= 0.3 is 0 Å². The first-order chi connectivity index (χ1) is 8.49. The van der Waals surface area contributed by atoms with Gasteiger partial charge in [-0.2, -0.15) is 0 Å². The molecule has 0 aliphatic rings. The van der Waals surface area contributed by atoms with Crippen molar-refractivity contribution in [3.63, 3.8) is 0 Å². The van der Waals surface area contributed by atoms with Crippen molar-refractivity contribution in [1.29, 1.82) is 0 Å². The molecule has 0 aliphatic heterocycles. The summed E-state index contributed by atoms with van der Waals surface area (Å²) in [5.41, 5.74) is 1.85. The Hall–Kier alpha value is -1.22. The number of pyridine rings is 1. The molecular weight excluding hydrogens is 224 g/mol. The van der Waals surface area contributed by atoms with Gasteiger partial charge in [0.15, 0.2) is 0 Å². The summed E-state index contributed by atoms with van der Waals surface area (Å²) in [6, 6.07) is 6.05. The zero-order valence-corrected chi connectivity index (χ0v) is 11.9. The SMILES string of the molecule is CCCC(C)(C=O)CN(C)Cc1cccc(C)n1. The minimum absolute atomic E-state index is 0.243. The number of nitrogens with zero attached hydrogens (tertiary/aromatic N) is 2. The number of carbonyl (C=O) groups excluding carboxylic acids is 1. The van der Waals surface area contributed by atoms with Crippen LogP contribution < -0.4 is 0 Å².